The molecule has 39 heavy (non-hydrogen) atoms. The molecule has 0 aliphatic carbocycles. The van der Waals surface area contributed by atoms with Gasteiger partial charge < -0.3 is 9.47 Å². The molecule has 0 aliphatic heterocycles. The summed E-state index contributed by atoms with van der Waals surface area (Å²) in [5.41, 5.74) is 6.03. The summed E-state index contributed by atoms with van der Waals surface area (Å²) in [5, 5.41) is 10.2. The van der Waals surface area contributed by atoms with Gasteiger partial charge in [-0.25, -0.2) is 0 Å². The lowest BCUT2D eigenvalue weighted by Crippen LogP contribution is -1.95. The monoisotopic (exact) mass is 504 g/mol. The van der Waals surface area contributed by atoms with Crippen LogP contribution in [0, 0.1) is 6.92 Å². The normalized spacial score (nSPS) is 11.5. The molecule has 0 aromatic heterocycles. The van der Waals surface area contributed by atoms with Crippen LogP contribution in [-0.4, -0.2) is 14.2 Å². The molecule has 0 amide bonds. The minimum Gasteiger partial charge on any atom is -0.497 e. The fraction of sp³-hybridized carbons (Fsp3) is 0.0811. The Bertz CT molecular complexity index is 2020. The van der Waals surface area contributed by atoms with Gasteiger partial charge in [-0.15, -0.1) is 0 Å². The first-order valence-corrected chi connectivity index (χ1v) is 13.3. The molecule has 7 rings (SSSR count). The lowest BCUT2D eigenvalue weighted by Gasteiger charge is -2.22. The number of benzene rings is 7. The second kappa shape index (κ2) is 9.18. The van der Waals surface area contributed by atoms with Crippen LogP contribution in [0.25, 0.3) is 65.3 Å². The van der Waals surface area contributed by atoms with Crippen LogP contribution in [0.15, 0.2) is 115 Å². The molecule has 2 nitrogen and oxygen atoms in total. The molecule has 0 atom stereocenters. The van der Waals surface area contributed by atoms with Crippen LogP contribution in [0.5, 0.6) is 11.5 Å². The predicted octanol–water partition coefficient (Wildman–Crippen LogP) is 9.96. The molecule has 0 bridgehead atoms. The summed E-state index contributed by atoms with van der Waals surface area (Å²) in [6, 6.07) is 41.5. The van der Waals surface area contributed by atoms with Gasteiger partial charge in [0.15, 0.2) is 0 Å². The van der Waals surface area contributed by atoms with Crippen molar-refractivity contribution in [3.05, 3.63) is 121 Å². The van der Waals surface area contributed by atoms with Crippen LogP contribution >= 0.6 is 0 Å². The molecule has 0 heterocycles. The van der Waals surface area contributed by atoms with Crippen molar-refractivity contribution in [2.45, 2.75) is 6.92 Å². The van der Waals surface area contributed by atoms with E-state index >= 15 is 0 Å². The zero-order valence-corrected chi connectivity index (χ0v) is 22.3. The van der Waals surface area contributed by atoms with Crippen molar-refractivity contribution in [3.63, 3.8) is 0 Å². The highest BCUT2D eigenvalue weighted by molar-refractivity contribution is 6.37. The van der Waals surface area contributed by atoms with Gasteiger partial charge in [-0.05, 0) is 96.5 Å². The molecule has 0 aliphatic rings. The van der Waals surface area contributed by atoms with E-state index < -0.39 is 0 Å². The third kappa shape index (κ3) is 3.64. The molecule has 0 radical (unpaired) electrons. The van der Waals surface area contributed by atoms with Gasteiger partial charge in [-0.1, -0.05) is 96.6 Å². The molecule has 0 N–H and O–H groups in total. The molecule has 0 unspecified atom stereocenters. The molecule has 0 saturated carbocycles. The number of fused-ring (bicyclic) bond motifs is 8. The van der Waals surface area contributed by atoms with E-state index in [0.29, 0.717) is 0 Å². The smallest absolute Gasteiger partial charge is 0.118 e. The number of ether oxygens (including phenoxy) is 2. The van der Waals surface area contributed by atoms with E-state index in [1.807, 2.05) is 0 Å². The van der Waals surface area contributed by atoms with Crippen molar-refractivity contribution in [2.24, 2.45) is 0 Å². The molecule has 7 aromatic rings. The zero-order chi connectivity index (χ0) is 26.5. The maximum atomic E-state index is 5.53. The van der Waals surface area contributed by atoms with E-state index in [2.05, 4.69) is 122 Å². The van der Waals surface area contributed by atoms with Crippen LogP contribution in [0.2, 0.25) is 0 Å². The van der Waals surface area contributed by atoms with Gasteiger partial charge in [0, 0.05) is 0 Å². The lowest BCUT2D eigenvalue weighted by molar-refractivity contribution is 0.414. The molecule has 0 spiro atoms. The quantitative estimate of drug-likeness (QED) is 0.222. The van der Waals surface area contributed by atoms with Gasteiger partial charge in [0.2, 0.25) is 0 Å². The van der Waals surface area contributed by atoms with Gasteiger partial charge in [0.05, 0.1) is 14.2 Å². The fourth-order valence-corrected chi connectivity index (χ4v) is 6.13. The Morgan fingerprint density at radius 3 is 1.44 bits per heavy atom. The highest BCUT2D eigenvalue weighted by Gasteiger charge is 2.22. The summed E-state index contributed by atoms with van der Waals surface area (Å²) in [5.74, 6) is 1.70. The van der Waals surface area contributed by atoms with E-state index in [4.69, 9.17) is 9.47 Å². The van der Waals surface area contributed by atoms with Gasteiger partial charge in [-0.3, -0.25) is 0 Å². The highest BCUT2D eigenvalue weighted by Crippen LogP contribution is 2.49. The van der Waals surface area contributed by atoms with Crippen molar-refractivity contribution < 1.29 is 9.47 Å². The first kappa shape index (κ1) is 23.3. The zero-order valence-electron chi connectivity index (χ0n) is 22.3. The first-order chi connectivity index (χ1) is 19.2. The third-order valence-corrected chi connectivity index (χ3v) is 7.90. The predicted molar refractivity (Wildman–Crippen MR) is 165 cm³/mol. The van der Waals surface area contributed by atoms with Crippen LogP contribution in [0.3, 0.4) is 0 Å². The number of rotatable bonds is 4. The number of hydrogen-bond acceptors (Lipinski definition) is 2. The summed E-state index contributed by atoms with van der Waals surface area (Å²) in [7, 11) is 3.43. The van der Waals surface area contributed by atoms with Gasteiger partial charge in [-0.2, -0.15) is 0 Å². The molecule has 7 aromatic carbocycles. The summed E-state index contributed by atoms with van der Waals surface area (Å²) in [6.45, 7) is 2.18. The summed E-state index contributed by atoms with van der Waals surface area (Å²) < 4.78 is 11.0. The number of aryl methyl sites for hydroxylation is 1. The van der Waals surface area contributed by atoms with Crippen LogP contribution < -0.4 is 9.47 Å². The second-order valence-corrected chi connectivity index (χ2v) is 10.1. The summed E-state index contributed by atoms with van der Waals surface area (Å²) >= 11 is 0. The third-order valence-electron chi connectivity index (χ3n) is 7.90. The summed E-state index contributed by atoms with van der Waals surface area (Å²) in [4.78, 5) is 0. The van der Waals surface area contributed by atoms with Crippen LogP contribution in [-0.2, 0) is 0 Å². The number of methoxy groups -OCH3 is 2. The van der Waals surface area contributed by atoms with Gasteiger partial charge >= 0.3 is 0 Å². The topological polar surface area (TPSA) is 18.5 Å². The van der Waals surface area contributed by atoms with Crippen LogP contribution in [0.4, 0.5) is 0 Å². The standard InChI is InChI=1S/C37H28O2/c1-23-12-21-32-33(22-23)36-30-10-6-4-8-28(30)29-9-5-7-11-31(29)37(36)35(25-15-19-27(39-3)20-16-25)34(32)24-13-17-26(38-2)18-14-24/h4-22H,1-3H3. The van der Waals surface area contributed by atoms with Crippen LogP contribution in [0.1, 0.15) is 5.56 Å². The largest absolute Gasteiger partial charge is 0.497 e. The van der Waals surface area contributed by atoms with E-state index in [0.717, 1.165) is 22.6 Å². The van der Waals surface area contributed by atoms with Crippen molar-refractivity contribution in [1.82, 2.24) is 0 Å². The van der Waals surface area contributed by atoms with Gasteiger partial charge in [0.1, 0.15) is 11.5 Å². The Morgan fingerprint density at radius 2 is 0.897 bits per heavy atom. The van der Waals surface area contributed by atoms with Crippen molar-refractivity contribution in [3.8, 4) is 33.8 Å². The first-order valence-electron chi connectivity index (χ1n) is 13.3. The number of hydrogen-bond donors (Lipinski definition) is 0. The Labute approximate surface area is 228 Å². The highest BCUT2D eigenvalue weighted by atomic mass is 16.5. The SMILES string of the molecule is COc1ccc(-c2c(-c3ccc(OC)cc3)c3c4ccccc4c4ccccc4c3c3cc(C)ccc23)cc1. The fourth-order valence-electron chi connectivity index (χ4n) is 6.13. The molecular weight excluding hydrogens is 476 g/mol. The molecule has 0 saturated heterocycles. The van der Waals surface area contributed by atoms with E-state index in [-0.39, 0.29) is 0 Å². The molecular formula is C37H28O2. The lowest BCUT2D eigenvalue weighted by atomic mass is 9.81. The Kier molecular flexibility index (Phi) is 5.49. The average molecular weight is 505 g/mol. The van der Waals surface area contributed by atoms with Crippen molar-refractivity contribution in [1.29, 1.82) is 0 Å². The minimum absolute atomic E-state index is 0.848. The maximum absolute atomic E-state index is 5.53. The minimum atomic E-state index is 0.848. The Balaban J connectivity index is 1.80. The molecule has 188 valence electrons. The van der Waals surface area contributed by atoms with E-state index in [1.54, 1.807) is 14.2 Å². The Morgan fingerprint density at radius 1 is 0.410 bits per heavy atom. The molecule has 0 fully saturated rings. The van der Waals surface area contributed by atoms with E-state index in [1.165, 1.54) is 59.8 Å². The summed E-state index contributed by atoms with van der Waals surface area (Å²) in [6.07, 6.45) is 0. The van der Waals surface area contributed by atoms with Crippen molar-refractivity contribution in [2.75, 3.05) is 14.2 Å². The molecule has 2 heteroatoms. The average Bonchev–Trinajstić information content (AvgIpc) is 3.00. The maximum Gasteiger partial charge on any atom is 0.118 e. The second-order valence-electron chi connectivity index (χ2n) is 10.1. The Hall–Kier alpha value is -4.82. The van der Waals surface area contributed by atoms with E-state index in [9.17, 15) is 0 Å². The van der Waals surface area contributed by atoms with Crippen molar-refractivity contribution >= 4 is 43.1 Å². The van der Waals surface area contributed by atoms with Gasteiger partial charge in [0.25, 0.3) is 0 Å².